The molecule has 0 aromatic carbocycles. The maximum Gasteiger partial charge on any atom is 0.243 e. The van der Waals surface area contributed by atoms with Gasteiger partial charge in [0.15, 0.2) is 0 Å². The average molecular weight is 314 g/mol. The van der Waals surface area contributed by atoms with Crippen molar-refractivity contribution in [2.45, 2.75) is 64.6 Å². The van der Waals surface area contributed by atoms with Crippen LogP contribution in [0.1, 0.15) is 46.5 Å². The monoisotopic (exact) mass is 314 g/mol. The number of hydrogen-bond acceptors (Lipinski definition) is 5. The minimum Gasteiger partial charge on any atom is -0.345 e. The van der Waals surface area contributed by atoms with E-state index in [1.165, 1.54) is 0 Å². The van der Waals surface area contributed by atoms with E-state index in [1.54, 1.807) is 6.92 Å². The molecule has 0 aromatic heterocycles. The van der Waals surface area contributed by atoms with Gasteiger partial charge in [-0.2, -0.15) is 0 Å². The Labute approximate surface area is 132 Å². The van der Waals surface area contributed by atoms with E-state index in [4.69, 9.17) is 11.5 Å². The van der Waals surface area contributed by atoms with Gasteiger partial charge in [-0.25, -0.2) is 0 Å². The van der Waals surface area contributed by atoms with E-state index in [2.05, 4.69) is 10.6 Å². The molecule has 0 aliphatic rings. The maximum absolute atomic E-state index is 12.2. The molecule has 4 atom stereocenters. The lowest BCUT2D eigenvalue weighted by Gasteiger charge is -2.25. The first-order valence-corrected chi connectivity index (χ1v) is 7.89. The van der Waals surface area contributed by atoms with Crippen LogP contribution in [-0.2, 0) is 14.4 Å². The van der Waals surface area contributed by atoms with Gasteiger partial charge in [0.05, 0.1) is 12.1 Å². The molecular formula is C15H30N4O3. The Kier molecular flexibility index (Phi) is 10.4. The zero-order chi connectivity index (χ0) is 17.1. The van der Waals surface area contributed by atoms with E-state index < -0.39 is 18.1 Å². The van der Waals surface area contributed by atoms with Gasteiger partial charge in [-0.1, -0.05) is 26.7 Å². The lowest BCUT2D eigenvalue weighted by molar-refractivity contribution is -0.131. The first kappa shape index (κ1) is 20.5. The number of nitrogens with one attached hydrogen (secondary N) is 2. The number of carbonyl (C=O) groups excluding carboxylic acids is 3. The van der Waals surface area contributed by atoms with Gasteiger partial charge >= 0.3 is 0 Å². The Morgan fingerprint density at radius 3 is 2.27 bits per heavy atom. The Bertz CT molecular complexity index is 363. The molecule has 0 saturated heterocycles. The molecule has 7 nitrogen and oxygen atoms in total. The SMILES string of the molecule is CC[C@H](C)[C@H](NC(=O)[C@@H](N)CCCCN)C(=O)N[C@@H](C)C=O. The zero-order valence-electron chi connectivity index (χ0n) is 13.8. The molecule has 7 heteroatoms. The van der Waals surface area contributed by atoms with E-state index in [1.807, 2.05) is 13.8 Å². The molecule has 0 rings (SSSR count). The first-order chi connectivity index (χ1) is 10.4. The topological polar surface area (TPSA) is 127 Å². The third-order valence-corrected chi connectivity index (χ3v) is 3.67. The van der Waals surface area contributed by atoms with E-state index in [-0.39, 0.29) is 17.7 Å². The van der Waals surface area contributed by atoms with Crippen LogP contribution in [0.4, 0.5) is 0 Å². The maximum atomic E-state index is 12.2. The number of unbranched alkanes of at least 4 members (excludes halogenated alkanes) is 1. The normalized spacial score (nSPS) is 16.2. The molecule has 22 heavy (non-hydrogen) atoms. The summed E-state index contributed by atoms with van der Waals surface area (Å²) >= 11 is 0. The van der Waals surface area contributed by atoms with Crippen molar-refractivity contribution < 1.29 is 14.4 Å². The molecule has 128 valence electrons. The van der Waals surface area contributed by atoms with Crippen LogP contribution in [0.15, 0.2) is 0 Å². The van der Waals surface area contributed by atoms with Crippen molar-refractivity contribution in [2.24, 2.45) is 17.4 Å². The predicted molar refractivity (Wildman–Crippen MR) is 85.9 cm³/mol. The summed E-state index contributed by atoms with van der Waals surface area (Å²) in [6.07, 6.45) is 3.48. The summed E-state index contributed by atoms with van der Waals surface area (Å²) in [5.41, 5.74) is 11.2. The predicted octanol–water partition coefficient (Wildman–Crippen LogP) is -0.323. The summed E-state index contributed by atoms with van der Waals surface area (Å²) in [5.74, 6) is -0.772. The smallest absolute Gasteiger partial charge is 0.243 e. The first-order valence-electron chi connectivity index (χ1n) is 7.89. The summed E-state index contributed by atoms with van der Waals surface area (Å²) in [6.45, 7) is 5.95. The molecule has 2 amide bonds. The standard InChI is InChI=1S/C15H30N4O3/c1-4-10(2)13(15(22)18-11(3)9-20)19-14(21)12(17)7-5-6-8-16/h9-13H,4-8,16-17H2,1-3H3,(H,18,22)(H,19,21)/t10-,11-,12-,13-/m0/s1. The second-order valence-corrected chi connectivity index (χ2v) is 5.70. The fourth-order valence-electron chi connectivity index (χ4n) is 1.95. The number of carbonyl (C=O) groups is 3. The molecule has 0 aliphatic heterocycles. The van der Waals surface area contributed by atoms with Crippen molar-refractivity contribution in [1.82, 2.24) is 10.6 Å². The summed E-state index contributed by atoms with van der Waals surface area (Å²) in [6, 6.07) is -1.94. The second kappa shape index (κ2) is 11.1. The Balaban J connectivity index is 4.67. The molecule has 0 spiro atoms. The van der Waals surface area contributed by atoms with Crippen LogP contribution in [0.25, 0.3) is 0 Å². The van der Waals surface area contributed by atoms with Gasteiger partial charge < -0.3 is 26.9 Å². The number of hydrogen-bond donors (Lipinski definition) is 4. The van der Waals surface area contributed by atoms with Crippen molar-refractivity contribution in [1.29, 1.82) is 0 Å². The van der Waals surface area contributed by atoms with Gasteiger partial charge in [-0.05, 0) is 32.2 Å². The van der Waals surface area contributed by atoms with E-state index in [0.29, 0.717) is 19.3 Å². The molecule has 0 aromatic rings. The van der Waals surface area contributed by atoms with E-state index in [9.17, 15) is 14.4 Å². The lowest BCUT2D eigenvalue weighted by Crippen LogP contribution is -2.55. The molecule has 0 heterocycles. The third kappa shape index (κ3) is 7.51. The van der Waals surface area contributed by atoms with Gasteiger partial charge in [0.25, 0.3) is 0 Å². The highest BCUT2D eigenvalue weighted by atomic mass is 16.2. The molecule has 6 N–H and O–H groups in total. The highest BCUT2D eigenvalue weighted by molar-refractivity contribution is 5.90. The van der Waals surface area contributed by atoms with Crippen molar-refractivity contribution in [3.05, 3.63) is 0 Å². The summed E-state index contributed by atoms with van der Waals surface area (Å²) < 4.78 is 0. The largest absolute Gasteiger partial charge is 0.345 e. The fourth-order valence-corrected chi connectivity index (χ4v) is 1.95. The van der Waals surface area contributed by atoms with Gasteiger partial charge in [-0.3, -0.25) is 9.59 Å². The molecule has 0 saturated carbocycles. The van der Waals surface area contributed by atoms with Crippen molar-refractivity contribution in [3.63, 3.8) is 0 Å². The number of amides is 2. The molecule has 0 fully saturated rings. The van der Waals surface area contributed by atoms with Crippen molar-refractivity contribution >= 4 is 18.1 Å². The van der Waals surface area contributed by atoms with Crippen LogP contribution < -0.4 is 22.1 Å². The van der Waals surface area contributed by atoms with Crippen LogP contribution in [0.5, 0.6) is 0 Å². The van der Waals surface area contributed by atoms with Crippen molar-refractivity contribution in [2.75, 3.05) is 6.54 Å². The summed E-state index contributed by atoms with van der Waals surface area (Å²) in [7, 11) is 0. The Morgan fingerprint density at radius 1 is 1.14 bits per heavy atom. The van der Waals surface area contributed by atoms with E-state index in [0.717, 1.165) is 19.3 Å². The summed E-state index contributed by atoms with van der Waals surface area (Å²) in [5, 5.41) is 5.26. The third-order valence-electron chi connectivity index (χ3n) is 3.67. The molecule has 0 aliphatic carbocycles. The summed E-state index contributed by atoms with van der Waals surface area (Å²) in [4.78, 5) is 34.9. The van der Waals surface area contributed by atoms with E-state index >= 15 is 0 Å². The van der Waals surface area contributed by atoms with Crippen molar-refractivity contribution in [3.8, 4) is 0 Å². The molecular weight excluding hydrogens is 284 g/mol. The van der Waals surface area contributed by atoms with Crippen LogP contribution in [0, 0.1) is 5.92 Å². The Morgan fingerprint density at radius 2 is 1.77 bits per heavy atom. The minimum atomic E-state index is -0.694. The molecule has 0 radical (unpaired) electrons. The van der Waals surface area contributed by atoms with Gasteiger partial charge in [0.1, 0.15) is 12.3 Å². The van der Waals surface area contributed by atoms with Crippen LogP contribution in [-0.4, -0.2) is 42.8 Å². The van der Waals surface area contributed by atoms with Gasteiger partial charge in [-0.15, -0.1) is 0 Å². The minimum absolute atomic E-state index is 0.0564. The van der Waals surface area contributed by atoms with Crippen LogP contribution in [0.3, 0.4) is 0 Å². The number of nitrogens with two attached hydrogens (primary N) is 2. The zero-order valence-corrected chi connectivity index (χ0v) is 13.8. The molecule has 0 unspecified atom stereocenters. The van der Waals surface area contributed by atoms with Gasteiger partial charge in [0.2, 0.25) is 11.8 Å². The van der Waals surface area contributed by atoms with Crippen LogP contribution in [0.2, 0.25) is 0 Å². The number of aldehydes is 1. The number of rotatable bonds is 11. The fraction of sp³-hybridized carbons (Fsp3) is 0.800. The highest BCUT2D eigenvalue weighted by Crippen LogP contribution is 2.09. The average Bonchev–Trinajstić information content (AvgIpc) is 2.51. The lowest BCUT2D eigenvalue weighted by atomic mass is 9.97. The van der Waals surface area contributed by atoms with Crippen LogP contribution >= 0.6 is 0 Å². The molecule has 0 bridgehead atoms. The highest BCUT2D eigenvalue weighted by Gasteiger charge is 2.28. The van der Waals surface area contributed by atoms with Gasteiger partial charge in [0, 0.05) is 0 Å². The second-order valence-electron chi connectivity index (χ2n) is 5.70. The quantitative estimate of drug-likeness (QED) is 0.307. The Hall–Kier alpha value is -1.47.